The number of thiazole rings is 1. The number of aromatic nitrogens is 2. The highest BCUT2D eigenvalue weighted by Gasteiger charge is 2.56. The molecule has 100 heavy (non-hydrogen) atoms. The normalized spacial score (nSPS) is 18.1. The van der Waals surface area contributed by atoms with E-state index in [2.05, 4.69) is 20.8 Å². The number of carbonyl (C=O) groups excluding carboxylic acids is 6. The van der Waals surface area contributed by atoms with Gasteiger partial charge in [-0.2, -0.15) is 0 Å². The van der Waals surface area contributed by atoms with Crippen LogP contribution in [0, 0.1) is 0 Å². The van der Waals surface area contributed by atoms with E-state index in [9.17, 15) is 24.0 Å². The number of amides is 3. The van der Waals surface area contributed by atoms with Crippen molar-refractivity contribution in [2.45, 2.75) is 129 Å². The molecule has 526 valence electrons. The monoisotopic (exact) mass is 1410 g/mol. The number of cyclic esters (lactones) is 2. The zero-order chi connectivity index (χ0) is 71.0. The molecule has 3 unspecified atom stereocenters. The molecule has 4 aliphatic heterocycles. The van der Waals surface area contributed by atoms with Gasteiger partial charge >= 0.3 is 24.0 Å². The van der Waals surface area contributed by atoms with Gasteiger partial charge in [0.1, 0.15) is 96.5 Å². The van der Waals surface area contributed by atoms with Crippen molar-refractivity contribution >= 4 is 80.7 Å². The number of hydrogen-bond acceptors (Lipinski definition) is 22. The Kier molecular flexibility index (Phi) is 21.7. The van der Waals surface area contributed by atoms with E-state index in [0.29, 0.717) is 97.3 Å². The molecule has 0 spiro atoms. The van der Waals surface area contributed by atoms with Crippen LogP contribution in [0.5, 0.6) is 34.5 Å². The minimum absolute atomic E-state index is 0.00939. The highest BCUT2D eigenvalue weighted by Crippen LogP contribution is 2.43. The smallest absolute Gasteiger partial charge is 0.413 e. The number of rotatable bonds is 24. The Morgan fingerprint density at radius 3 is 1.97 bits per heavy atom. The molecule has 27 heteroatoms. The van der Waals surface area contributed by atoms with Gasteiger partial charge in [0.2, 0.25) is 6.10 Å². The van der Waals surface area contributed by atoms with Crippen LogP contribution in [0.3, 0.4) is 0 Å². The van der Waals surface area contributed by atoms with Gasteiger partial charge in [0, 0.05) is 53.9 Å². The van der Waals surface area contributed by atoms with E-state index in [0.717, 1.165) is 35.3 Å². The fourth-order valence-corrected chi connectivity index (χ4v) is 14.4. The number of β-lactam (4-membered cyclic amide) rings is 1. The second-order valence-corrected chi connectivity index (χ2v) is 27.9. The summed E-state index contributed by atoms with van der Waals surface area (Å²) in [5, 5.41) is 10.4. The number of nitrogens with one attached hydrogen (secondary N) is 2. The number of benzene rings is 5. The van der Waals surface area contributed by atoms with Crippen LogP contribution in [0.25, 0.3) is 10.9 Å². The Labute approximate surface area is 586 Å². The molecule has 5 aromatic carbocycles. The molecule has 25 nitrogen and oxygen atoms in total. The SMILES string of the molecule is CCn1cc(C[N+]2(CC3=C(C(=O)OCc4ccc(OC)cc4)N4C(=O)C(NC(=O)C(=NOC5CC(=O)OC(C)(C)c6cc(OC)ccc6COC5=O)c5csc(NC(=O)OC(C)(C)C)n5)C4SC3)CCCC2)c(=O)c2cc(OCc3ccc(OC)cc3)c(OCc3ccc(OC)cc3)cc21. The van der Waals surface area contributed by atoms with E-state index in [1.54, 1.807) is 104 Å². The van der Waals surface area contributed by atoms with Crippen LogP contribution in [0.15, 0.2) is 136 Å². The number of anilines is 1. The van der Waals surface area contributed by atoms with Gasteiger partial charge in [0.05, 0.1) is 64.4 Å². The number of ether oxygens (including phenoxy) is 10. The second kappa shape index (κ2) is 30.6. The molecule has 2 saturated heterocycles. The van der Waals surface area contributed by atoms with Crippen molar-refractivity contribution < 1.29 is 85.5 Å². The Hall–Kier alpha value is -10.1. The summed E-state index contributed by atoms with van der Waals surface area (Å²) >= 11 is 2.23. The van der Waals surface area contributed by atoms with Crippen molar-refractivity contribution in [2.75, 3.05) is 59.1 Å². The minimum atomic E-state index is -1.75. The summed E-state index contributed by atoms with van der Waals surface area (Å²) in [6.45, 7) is 12.7. The molecule has 6 heterocycles. The minimum Gasteiger partial charge on any atom is -0.497 e. The first kappa shape index (κ1) is 71.2. The number of pyridine rings is 1. The van der Waals surface area contributed by atoms with E-state index in [1.165, 1.54) is 29.2 Å². The average Bonchev–Trinajstić information content (AvgIpc) is 0.795. The van der Waals surface area contributed by atoms with E-state index in [4.69, 9.17) is 52.2 Å². The number of fused-ring (bicyclic) bond motifs is 3. The summed E-state index contributed by atoms with van der Waals surface area (Å²) in [7, 11) is 6.25. The van der Waals surface area contributed by atoms with Crippen LogP contribution in [0.4, 0.5) is 9.93 Å². The van der Waals surface area contributed by atoms with Crippen molar-refractivity contribution in [3.8, 4) is 34.5 Å². The number of hydrogen-bond donors (Lipinski definition) is 2. The molecule has 7 aromatic rings. The topological polar surface area (TPSA) is 278 Å². The Bertz CT molecular complexity index is 4350. The first-order valence-electron chi connectivity index (χ1n) is 32.6. The average molecular weight is 1410 g/mol. The maximum Gasteiger partial charge on any atom is 0.413 e. The van der Waals surface area contributed by atoms with Crippen molar-refractivity contribution in [3.05, 3.63) is 175 Å². The van der Waals surface area contributed by atoms with Crippen LogP contribution in [0.2, 0.25) is 0 Å². The summed E-state index contributed by atoms with van der Waals surface area (Å²) in [6, 6.07) is 29.4. The molecule has 2 fully saturated rings. The van der Waals surface area contributed by atoms with Gasteiger partial charge in [-0.1, -0.05) is 47.6 Å². The summed E-state index contributed by atoms with van der Waals surface area (Å²) in [6.07, 6.45) is 0.256. The fraction of sp³-hybridized carbons (Fsp3) is 0.384. The van der Waals surface area contributed by atoms with Crippen molar-refractivity contribution in [3.63, 3.8) is 0 Å². The Morgan fingerprint density at radius 1 is 0.770 bits per heavy atom. The van der Waals surface area contributed by atoms with Gasteiger partial charge < -0.3 is 66.6 Å². The number of esters is 3. The molecule has 0 bridgehead atoms. The largest absolute Gasteiger partial charge is 0.497 e. The van der Waals surface area contributed by atoms with Crippen LogP contribution < -0.4 is 44.5 Å². The van der Waals surface area contributed by atoms with E-state index in [1.807, 2.05) is 72.3 Å². The van der Waals surface area contributed by atoms with Crippen LogP contribution in [-0.2, 0) is 92.9 Å². The molecule has 3 amide bonds. The third kappa shape index (κ3) is 16.4. The molecule has 0 saturated carbocycles. The number of aryl methyl sites for hydroxylation is 1. The highest BCUT2D eigenvalue weighted by atomic mass is 32.2. The van der Waals surface area contributed by atoms with E-state index in [-0.39, 0.29) is 67.2 Å². The first-order chi connectivity index (χ1) is 48.0. The Morgan fingerprint density at radius 2 is 1.37 bits per heavy atom. The maximum atomic E-state index is 15.3. The third-order valence-corrected chi connectivity index (χ3v) is 19.5. The summed E-state index contributed by atoms with van der Waals surface area (Å²) in [4.78, 5) is 112. The standard InChI is InChI=1S/C73H79N7O18S2/c1-11-78-34-47(64(82)53-31-57(92-37-43-14-21-49(88-7)22-15-43)58(32-56(53)78)93-38-44-16-23-50(89-8)24-17-44)35-80(28-12-13-29-80)36-48-41-99-67-62(66(84)79(67)63(48)69(86)94-39-45-18-25-51(90-9)26-19-45)75-65(83)61(55-42-100-70(74-55)76-71(87)97-72(2,3)4)77-98-59-33-60(81)96-73(5,6)54-30-52(91-10)27-20-46(54)40-95-68(59)85/h14-27,30-32,34,42,59,62,67H,11-13,28-29,33,35-41H2,1-10H3,(H-,74,75,76,83,87)/p+1. The van der Waals surface area contributed by atoms with Gasteiger partial charge in [-0.25, -0.2) is 19.4 Å². The lowest BCUT2D eigenvalue weighted by molar-refractivity contribution is -0.925. The molecule has 3 atom stereocenters. The molecular formula is C73H80N7O18S2+. The molecule has 0 aliphatic carbocycles. The van der Waals surface area contributed by atoms with Crippen molar-refractivity contribution in [1.29, 1.82) is 0 Å². The maximum absolute atomic E-state index is 15.3. The van der Waals surface area contributed by atoms with Gasteiger partial charge in [-0.05, 0) is 118 Å². The van der Waals surface area contributed by atoms with Gasteiger partial charge in [-0.3, -0.25) is 29.4 Å². The molecule has 2 aromatic heterocycles. The number of likely N-dealkylation sites (tertiary alicyclic amines) is 1. The quantitative estimate of drug-likeness (QED) is 0.0142. The molecule has 2 N–H and O–H groups in total. The predicted octanol–water partition coefficient (Wildman–Crippen LogP) is 10.2. The lowest BCUT2D eigenvalue weighted by Crippen LogP contribution is -2.71. The highest BCUT2D eigenvalue weighted by molar-refractivity contribution is 8.00. The second-order valence-electron chi connectivity index (χ2n) is 25.9. The summed E-state index contributed by atoms with van der Waals surface area (Å²) in [5.74, 6) is -0.783. The fourth-order valence-electron chi connectivity index (χ4n) is 12.4. The van der Waals surface area contributed by atoms with Gasteiger partial charge in [0.25, 0.3) is 11.8 Å². The zero-order valence-corrected chi connectivity index (χ0v) is 58.9. The number of quaternary nitrogens is 1. The van der Waals surface area contributed by atoms with E-state index >= 15 is 9.59 Å². The van der Waals surface area contributed by atoms with Crippen LogP contribution >= 0.6 is 23.1 Å². The summed E-state index contributed by atoms with van der Waals surface area (Å²) in [5.41, 5.74) is 2.28. The lowest BCUT2D eigenvalue weighted by atomic mass is 9.92. The number of carbonyl (C=O) groups is 6. The number of oxime groups is 1. The predicted molar refractivity (Wildman–Crippen MR) is 371 cm³/mol. The van der Waals surface area contributed by atoms with Crippen molar-refractivity contribution in [1.82, 2.24) is 19.8 Å². The van der Waals surface area contributed by atoms with Crippen LogP contribution in [-0.4, -0.2) is 137 Å². The zero-order valence-electron chi connectivity index (χ0n) is 57.3. The number of methoxy groups -OCH3 is 4. The first-order valence-corrected chi connectivity index (χ1v) is 34.5. The Balaban J connectivity index is 0.895. The molecule has 11 rings (SSSR count). The van der Waals surface area contributed by atoms with Crippen LogP contribution in [0.1, 0.15) is 99.9 Å². The molecule has 4 aliphatic rings. The van der Waals surface area contributed by atoms with Gasteiger partial charge in [0.15, 0.2) is 27.8 Å². The number of nitrogens with zero attached hydrogens (tertiary/aromatic N) is 5. The third-order valence-electron chi connectivity index (χ3n) is 17.4. The number of thioether (sulfide) groups is 1. The van der Waals surface area contributed by atoms with Crippen molar-refractivity contribution in [2.24, 2.45) is 5.16 Å². The lowest BCUT2D eigenvalue weighted by Gasteiger charge is -2.50. The molecule has 0 radical (unpaired) electrons. The summed E-state index contributed by atoms with van der Waals surface area (Å²) < 4.78 is 60.1. The van der Waals surface area contributed by atoms with Gasteiger partial charge in [-0.15, -0.1) is 23.1 Å². The van der Waals surface area contributed by atoms with E-state index < -0.39 is 76.7 Å². The molecular weight excluding hydrogens is 1330 g/mol.